The first-order chi connectivity index (χ1) is 5.20. The van der Waals surface area contributed by atoms with Crippen LogP contribution in [0.4, 0.5) is 0 Å². The molecule has 0 heterocycles. The van der Waals surface area contributed by atoms with Crippen LogP contribution in [-0.2, 0) is 39.6 Å². The van der Waals surface area contributed by atoms with E-state index in [2.05, 4.69) is 0 Å². The molecule has 0 rings (SSSR count). The minimum atomic E-state index is -3.63. The summed E-state index contributed by atoms with van der Waals surface area (Å²) in [7, 11) is -10.9. The first kappa shape index (κ1) is 29.5. The van der Waals surface area contributed by atoms with Crippen LogP contribution in [0.15, 0.2) is 0 Å². The first-order valence-corrected chi connectivity index (χ1v) is 5.51. The van der Waals surface area contributed by atoms with E-state index in [9.17, 15) is 0 Å². The van der Waals surface area contributed by atoms with Gasteiger partial charge in [0.2, 0.25) is 0 Å². The average molecular weight is 457 g/mol. The first-order valence-electron chi connectivity index (χ1n) is 1.84. The van der Waals surface area contributed by atoms with Crippen molar-refractivity contribution in [1.82, 2.24) is 0 Å². The summed E-state index contributed by atoms with van der Waals surface area (Å²) in [5, 5.41) is 0. The Morgan fingerprint density at radius 1 is 0.571 bits per heavy atom. The van der Waals surface area contributed by atoms with Crippen molar-refractivity contribution in [2.24, 2.45) is 0 Å². The van der Waals surface area contributed by atoms with Gasteiger partial charge in [-0.05, 0) is 0 Å². The molecule has 0 saturated heterocycles. The fourth-order valence-corrected chi connectivity index (χ4v) is 0. The quantitative estimate of drug-likeness (QED) is 0.318. The van der Waals surface area contributed by atoms with Crippen LogP contribution >= 0.6 is 0 Å². The molecule has 0 amide bonds. The van der Waals surface area contributed by atoms with Crippen molar-refractivity contribution in [3.63, 3.8) is 0 Å². The van der Waals surface area contributed by atoms with Crippen LogP contribution in [0.5, 0.6) is 0 Å². The summed E-state index contributed by atoms with van der Waals surface area (Å²) in [4.78, 5) is 51.1. The van der Waals surface area contributed by atoms with Crippen molar-refractivity contribution in [2.45, 2.75) is 0 Å². The largest absolute Gasteiger partial charge is 4.00 e. The Morgan fingerprint density at radius 2 is 0.571 bits per heavy atom. The Kier molecular flexibility index (Phi) is 50.2. The second-order valence-electron chi connectivity index (χ2n) is 0.750. The molecule has 72 valence electrons. The molecule has 0 spiro atoms. The van der Waals surface area contributed by atoms with Crippen molar-refractivity contribution in [2.75, 3.05) is 0 Å². The summed E-state index contributed by atoms with van der Waals surface area (Å²) in [5.74, 6) is 0. The summed E-state index contributed by atoms with van der Waals surface area (Å²) in [6, 6.07) is 0. The van der Waals surface area contributed by atoms with Crippen molar-refractivity contribution in [3.8, 4) is 0 Å². The molecule has 0 aliphatic rings. The van der Waals surface area contributed by atoms with Gasteiger partial charge in [-0.3, -0.25) is 0 Å². The molecule has 0 fully saturated rings. The molecule has 0 saturated carbocycles. The molecule has 0 aliphatic carbocycles. The molecule has 0 aromatic heterocycles. The normalized spacial score (nSPS) is 5.14. The monoisotopic (exact) mass is 456 g/mol. The van der Waals surface area contributed by atoms with Gasteiger partial charge in [0.15, 0.2) is 0 Å². The maximum Gasteiger partial charge on any atom is 4.00 e. The summed E-state index contributed by atoms with van der Waals surface area (Å²) < 4.78 is 25.6. The van der Waals surface area contributed by atoms with Crippen molar-refractivity contribution < 1.29 is 68.4 Å². The van der Waals surface area contributed by atoms with Crippen LogP contribution in [0.3, 0.4) is 0 Å². The molecule has 14 heavy (non-hydrogen) atoms. The SMILES string of the molecule is O=[Si]([O-])[O-].O=[Si]([O-])[O-].O=[Si]([O-])[O-].[Ba+2].[Zr+4]. The second kappa shape index (κ2) is 23.8. The van der Waals surface area contributed by atoms with Crippen molar-refractivity contribution in [1.29, 1.82) is 0 Å². The van der Waals surface area contributed by atoms with Gasteiger partial charge in [-0.1, -0.05) is 0 Å². The molecular weight excluding hydrogens is 457 g/mol. The standard InChI is InChI=1S/Ba.3O3Si.Zr/c;3*1-4(2)3;/q+2;3*-2;+4. The van der Waals surface area contributed by atoms with E-state index >= 15 is 0 Å². The van der Waals surface area contributed by atoms with E-state index in [0.29, 0.717) is 0 Å². The predicted octanol–water partition coefficient (Wildman–Crippen LogP) is -9.02. The molecule has 0 N–H and O–H groups in total. The fourth-order valence-electron chi connectivity index (χ4n) is 0. The molecule has 0 bridgehead atoms. The molecule has 0 aromatic rings. The van der Waals surface area contributed by atoms with Crippen LogP contribution in [0.2, 0.25) is 0 Å². The number of hydrogen-bond acceptors (Lipinski definition) is 9. The third-order valence-corrected chi connectivity index (χ3v) is 0. The van der Waals surface area contributed by atoms with E-state index in [-0.39, 0.29) is 75.1 Å². The van der Waals surface area contributed by atoms with Crippen molar-refractivity contribution in [3.05, 3.63) is 0 Å². The molecule has 0 atom stereocenters. The summed E-state index contributed by atoms with van der Waals surface area (Å²) in [6.07, 6.45) is 0. The van der Waals surface area contributed by atoms with Gasteiger partial charge in [0.1, 0.15) is 0 Å². The zero-order chi connectivity index (χ0) is 10.7. The Labute approximate surface area is 142 Å². The number of hydrogen-bond donors (Lipinski definition) is 0. The van der Waals surface area contributed by atoms with Gasteiger partial charge >= 0.3 is 75.1 Å². The van der Waals surface area contributed by atoms with E-state index in [0.717, 1.165) is 0 Å². The third kappa shape index (κ3) is 1180. The van der Waals surface area contributed by atoms with Crippen LogP contribution < -0.4 is 28.8 Å². The molecule has 14 heteroatoms. The van der Waals surface area contributed by atoms with Gasteiger partial charge in [0, 0.05) is 27.5 Å². The van der Waals surface area contributed by atoms with Gasteiger partial charge in [-0.2, -0.15) is 0 Å². The Morgan fingerprint density at radius 3 is 0.571 bits per heavy atom. The molecule has 0 aliphatic heterocycles. The predicted molar refractivity (Wildman–Crippen MR) is 25.1 cm³/mol. The van der Waals surface area contributed by atoms with Gasteiger partial charge in [-0.25, -0.2) is 0 Å². The maximum atomic E-state index is 8.52. The van der Waals surface area contributed by atoms with E-state index < -0.39 is 27.5 Å². The summed E-state index contributed by atoms with van der Waals surface area (Å²) in [5.41, 5.74) is 0. The maximum absolute atomic E-state index is 8.52. The van der Waals surface area contributed by atoms with Crippen molar-refractivity contribution >= 4 is 76.4 Å². The van der Waals surface area contributed by atoms with E-state index in [1.54, 1.807) is 0 Å². The molecule has 0 radical (unpaired) electrons. The smallest absolute Gasteiger partial charge is 0.672 e. The summed E-state index contributed by atoms with van der Waals surface area (Å²) in [6.45, 7) is 0. The van der Waals surface area contributed by atoms with E-state index in [1.165, 1.54) is 0 Å². The average Bonchev–Trinajstić information content (AvgIpc) is 1.54. The van der Waals surface area contributed by atoms with Crippen LogP contribution in [0.25, 0.3) is 0 Å². The Bertz CT molecular complexity index is 118. The van der Waals surface area contributed by atoms with Crippen LogP contribution in [0, 0.1) is 0 Å². The topological polar surface area (TPSA) is 190 Å². The Balaban J connectivity index is -0.0000000270. The minimum absolute atomic E-state index is 0. The molecular formula is BaO9Si3Zr. The van der Waals surface area contributed by atoms with Gasteiger partial charge in [0.05, 0.1) is 0 Å². The third-order valence-electron chi connectivity index (χ3n) is 0. The van der Waals surface area contributed by atoms with Gasteiger partial charge < -0.3 is 42.2 Å². The molecule has 0 unspecified atom stereocenters. The fraction of sp³-hybridized carbons (Fsp3) is 0. The molecule has 0 aromatic carbocycles. The Hall–Kier alpha value is 1.31. The zero-order valence-electron chi connectivity index (χ0n) is 6.38. The van der Waals surface area contributed by atoms with Crippen LogP contribution in [0.1, 0.15) is 0 Å². The number of rotatable bonds is 0. The zero-order valence-corrected chi connectivity index (χ0v) is 16.3. The van der Waals surface area contributed by atoms with Gasteiger partial charge in [0.25, 0.3) is 0 Å². The minimum Gasteiger partial charge on any atom is -0.672 e. The van der Waals surface area contributed by atoms with Crippen LogP contribution in [-0.4, -0.2) is 76.4 Å². The van der Waals surface area contributed by atoms with E-state index in [1.807, 2.05) is 0 Å². The molecule has 9 nitrogen and oxygen atoms in total. The van der Waals surface area contributed by atoms with Gasteiger partial charge in [-0.15, -0.1) is 0 Å². The summed E-state index contributed by atoms with van der Waals surface area (Å²) >= 11 is 0. The second-order valence-corrected chi connectivity index (χ2v) is 2.25. The van der Waals surface area contributed by atoms with E-state index in [4.69, 9.17) is 42.2 Å².